The van der Waals surface area contributed by atoms with E-state index in [9.17, 15) is 0 Å². The molecule has 3 nitrogen and oxygen atoms in total. The first kappa shape index (κ1) is 19.9. The summed E-state index contributed by atoms with van der Waals surface area (Å²) in [5.41, 5.74) is 2.34. The Morgan fingerprint density at radius 1 is 1.40 bits per heavy atom. The van der Waals surface area contributed by atoms with Gasteiger partial charge in [0.2, 0.25) is 0 Å². The van der Waals surface area contributed by atoms with Gasteiger partial charge < -0.3 is 5.32 Å². The zero-order chi connectivity index (χ0) is 13.0. The number of pyridine rings is 1. The number of aromatic nitrogens is 1. The number of nitrogens with one attached hydrogen (secondary N) is 1. The van der Waals surface area contributed by atoms with E-state index in [4.69, 9.17) is 0 Å². The fourth-order valence-electron chi connectivity index (χ4n) is 2.35. The third-order valence-electron chi connectivity index (χ3n) is 3.21. The van der Waals surface area contributed by atoms with Gasteiger partial charge >= 0.3 is 0 Å². The molecule has 1 N–H and O–H groups in total. The molecule has 2 rings (SSSR count). The molecule has 114 valence electrons. The van der Waals surface area contributed by atoms with Crippen molar-refractivity contribution in [2.45, 2.75) is 19.4 Å². The van der Waals surface area contributed by atoms with Gasteiger partial charge in [-0.05, 0) is 41.4 Å². The van der Waals surface area contributed by atoms with Crippen molar-refractivity contribution in [3.05, 3.63) is 40.6 Å². The molecule has 1 aliphatic rings. The first-order valence-corrected chi connectivity index (χ1v) is 7.18. The van der Waals surface area contributed by atoms with E-state index in [0.717, 1.165) is 42.9 Å². The van der Waals surface area contributed by atoms with Crippen molar-refractivity contribution < 1.29 is 0 Å². The summed E-state index contributed by atoms with van der Waals surface area (Å²) in [6, 6.07) is 6.49. The minimum absolute atomic E-state index is 0. The minimum atomic E-state index is 0. The maximum atomic E-state index is 4.62. The quantitative estimate of drug-likeness (QED) is 0.636. The molecule has 0 saturated carbocycles. The number of piperazine rings is 1. The van der Waals surface area contributed by atoms with Gasteiger partial charge in [-0.1, -0.05) is 11.6 Å². The van der Waals surface area contributed by atoms with E-state index in [0.29, 0.717) is 6.04 Å². The summed E-state index contributed by atoms with van der Waals surface area (Å²) in [4.78, 5) is 7.12. The number of rotatable bonds is 4. The van der Waals surface area contributed by atoms with Gasteiger partial charge in [0.25, 0.3) is 0 Å². The molecule has 2 heterocycles. The molecule has 0 bridgehead atoms. The number of halogens is 3. The molecule has 1 aliphatic heterocycles. The van der Waals surface area contributed by atoms with Gasteiger partial charge in [-0.15, -0.1) is 31.4 Å². The van der Waals surface area contributed by atoms with E-state index >= 15 is 0 Å². The summed E-state index contributed by atoms with van der Waals surface area (Å²) < 4.78 is 0.904. The Balaban J connectivity index is 0.00000180. The van der Waals surface area contributed by atoms with Crippen LogP contribution in [-0.4, -0.2) is 36.1 Å². The highest BCUT2D eigenvalue weighted by Crippen LogP contribution is 2.26. The third-order valence-corrected chi connectivity index (χ3v) is 3.65. The second-order valence-electron chi connectivity index (χ2n) is 4.85. The summed E-state index contributed by atoms with van der Waals surface area (Å²) in [6.07, 6.45) is 0.976. The van der Waals surface area contributed by atoms with Crippen molar-refractivity contribution >= 4 is 40.7 Å². The zero-order valence-electron chi connectivity index (χ0n) is 11.6. The van der Waals surface area contributed by atoms with Crippen LogP contribution in [-0.2, 0) is 0 Å². The standard InChI is InChI=1S/C14H20BrN3.2ClH/c1-11(2)10-13(18-8-6-16-7-9-18)12-4-3-5-14(15)17-12;;/h3-5,13,16H,1,6-10H2,2H3;2*1H/t13-;;/m1../s1. The zero-order valence-corrected chi connectivity index (χ0v) is 14.9. The molecule has 0 spiro atoms. The molecule has 0 amide bonds. The minimum Gasteiger partial charge on any atom is -0.314 e. The summed E-state index contributed by atoms with van der Waals surface area (Å²) in [6.45, 7) is 10.4. The van der Waals surface area contributed by atoms with Crippen LogP contribution in [0.1, 0.15) is 25.1 Å². The van der Waals surface area contributed by atoms with Crippen LogP contribution in [0.3, 0.4) is 0 Å². The first-order chi connectivity index (χ1) is 8.66. The molecule has 1 fully saturated rings. The fourth-order valence-corrected chi connectivity index (χ4v) is 2.71. The number of hydrogen-bond donors (Lipinski definition) is 1. The highest BCUT2D eigenvalue weighted by Gasteiger charge is 2.23. The lowest BCUT2D eigenvalue weighted by Crippen LogP contribution is -2.45. The van der Waals surface area contributed by atoms with Gasteiger partial charge in [-0.25, -0.2) is 4.98 Å². The highest BCUT2D eigenvalue weighted by molar-refractivity contribution is 9.10. The molecule has 0 aliphatic carbocycles. The van der Waals surface area contributed by atoms with Crippen LogP contribution < -0.4 is 5.32 Å². The van der Waals surface area contributed by atoms with Crippen LogP contribution in [0.2, 0.25) is 0 Å². The summed E-state index contributed by atoms with van der Waals surface area (Å²) in [5.74, 6) is 0. The van der Waals surface area contributed by atoms with Crippen LogP contribution in [0, 0.1) is 0 Å². The maximum absolute atomic E-state index is 4.62. The van der Waals surface area contributed by atoms with Gasteiger partial charge in [-0.3, -0.25) is 4.90 Å². The van der Waals surface area contributed by atoms with Crippen molar-refractivity contribution in [2.24, 2.45) is 0 Å². The predicted molar refractivity (Wildman–Crippen MR) is 93.0 cm³/mol. The lowest BCUT2D eigenvalue weighted by atomic mass is 10.0. The van der Waals surface area contributed by atoms with Crippen LogP contribution in [0.4, 0.5) is 0 Å². The molecule has 6 heteroatoms. The first-order valence-electron chi connectivity index (χ1n) is 6.38. The maximum Gasteiger partial charge on any atom is 0.106 e. The van der Waals surface area contributed by atoms with Crippen LogP contribution in [0.15, 0.2) is 35.0 Å². The topological polar surface area (TPSA) is 28.2 Å². The number of nitrogens with zero attached hydrogens (tertiary/aromatic N) is 2. The molecule has 0 unspecified atom stereocenters. The van der Waals surface area contributed by atoms with E-state index in [2.05, 4.69) is 56.8 Å². The molecule has 0 aromatic carbocycles. The van der Waals surface area contributed by atoms with Gasteiger partial charge in [0.05, 0.1) is 11.7 Å². The SMILES string of the molecule is C=C(C)C[C@H](c1cccc(Br)n1)N1CCNCC1.Cl.Cl. The van der Waals surface area contributed by atoms with E-state index in [-0.39, 0.29) is 24.8 Å². The third kappa shape index (κ3) is 5.70. The molecule has 0 radical (unpaired) electrons. The Bertz CT molecular complexity index is 423. The second kappa shape index (κ2) is 9.74. The van der Waals surface area contributed by atoms with Gasteiger partial charge in [0, 0.05) is 26.2 Å². The summed E-state index contributed by atoms with van der Waals surface area (Å²) in [5, 5.41) is 3.39. The Morgan fingerprint density at radius 3 is 2.60 bits per heavy atom. The molecular formula is C14H22BrCl2N3. The Morgan fingerprint density at radius 2 is 2.05 bits per heavy atom. The smallest absolute Gasteiger partial charge is 0.106 e. The van der Waals surface area contributed by atoms with Crippen molar-refractivity contribution in [2.75, 3.05) is 26.2 Å². The van der Waals surface area contributed by atoms with E-state index < -0.39 is 0 Å². The Kier molecular flexibility index (Phi) is 9.68. The second-order valence-corrected chi connectivity index (χ2v) is 5.66. The molecule has 20 heavy (non-hydrogen) atoms. The molecule has 1 aromatic heterocycles. The van der Waals surface area contributed by atoms with E-state index in [1.807, 2.05) is 6.07 Å². The Hall–Kier alpha value is -0.130. The van der Waals surface area contributed by atoms with Crippen molar-refractivity contribution in [1.82, 2.24) is 15.2 Å². The van der Waals surface area contributed by atoms with E-state index in [1.165, 1.54) is 5.57 Å². The highest BCUT2D eigenvalue weighted by atomic mass is 79.9. The lowest BCUT2D eigenvalue weighted by molar-refractivity contribution is 0.169. The molecule has 1 atom stereocenters. The predicted octanol–water partition coefficient (Wildman–Crippen LogP) is 3.60. The lowest BCUT2D eigenvalue weighted by Gasteiger charge is -2.34. The van der Waals surface area contributed by atoms with Crippen molar-refractivity contribution in [1.29, 1.82) is 0 Å². The number of hydrogen-bond acceptors (Lipinski definition) is 3. The largest absolute Gasteiger partial charge is 0.314 e. The average molecular weight is 383 g/mol. The molecule has 1 aromatic rings. The monoisotopic (exact) mass is 381 g/mol. The van der Waals surface area contributed by atoms with E-state index in [1.54, 1.807) is 0 Å². The summed E-state index contributed by atoms with van der Waals surface area (Å²) >= 11 is 3.46. The van der Waals surface area contributed by atoms with Gasteiger partial charge in [0.1, 0.15) is 4.60 Å². The Labute approximate surface area is 142 Å². The van der Waals surface area contributed by atoms with Crippen molar-refractivity contribution in [3.63, 3.8) is 0 Å². The molecular weight excluding hydrogens is 361 g/mol. The van der Waals surface area contributed by atoms with Crippen LogP contribution in [0.25, 0.3) is 0 Å². The van der Waals surface area contributed by atoms with Crippen LogP contribution in [0.5, 0.6) is 0 Å². The van der Waals surface area contributed by atoms with Gasteiger partial charge in [-0.2, -0.15) is 0 Å². The normalized spacial score (nSPS) is 16.7. The van der Waals surface area contributed by atoms with Crippen LogP contribution >= 0.6 is 40.7 Å². The summed E-state index contributed by atoms with van der Waals surface area (Å²) in [7, 11) is 0. The fraction of sp³-hybridized carbons (Fsp3) is 0.500. The average Bonchev–Trinajstić information content (AvgIpc) is 2.37. The van der Waals surface area contributed by atoms with Crippen molar-refractivity contribution in [3.8, 4) is 0 Å². The molecule has 1 saturated heterocycles. The van der Waals surface area contributed by atoms with Gasteiger partial charge in [0.15, 0.2) is 0 Å².